The van der Waals surface area contributed by atoms with Crippen molar-refractivity contribution >= 4 is 5.82 Å². The van der Waals surface area contributed by atoms with E-state index in [2.05, 4.69) is 22.0 Å². The van der Waals surface area contributed by atoms with Gasteiger partial charge in [-0.1, -0.05) is 12.1 Å². The van der Waals surface area contributed by atoms with Crippen LogP contribution < -0.4 is 17.2 Å². The molecule has 0 radical (unpaired) electrons. The second-order valence-electron chi connectivity index (χ2n) is 6.91. The van der Waals surface area contributed by atoms with Crippen molar-refractivity contribution in [2.75, 3.05) is 31.9 Å². The molecule has 2 aliphatic rings. The molecule has 2 atom stereocenters. The molecule has 0 bridgehead atoms. The van der Waals surface area contributed by atoms with Crippen LogP contribution in [0.3, 0.4) is 0 Å². The number of anilines is 1. The first-order chi connectivity index (χ1) is 11.7. The van der Waals surface area contributed by atoms with Gasteiger partial charge in [0.15, 0.2) is 0 Å². The molecule has 2 aromatic rings. The predicted molar refractivity (Wildman–Crippen MR) is 93.9 cm³/mol. The zero-order chi connectivity index (χ0) is 16.7. The second-order valence-corrected chi connectivity index (χ2v) is 6.91. The number of fused-ring (bicyclic) bond motifs is 1. The van der Waals surface area contributed by atoms with E-state index in [1.54, 1.807) is 12.3 Å². The molecule has 4 rings (SSSR count). The van der Waals surface area contributed by atoms with Crippen molar-refractivity contribution in [3.63, 3.8) is 0 Å². The van der Waals surface area contributed by atoms with Crippen LogP contribution in [0.25, 0.3) is 5.69 Å². The highest BCUT2D eigenvalue weighted by Gasteiger charge is 2.54. The molecule has 2 unspecified atom stereocenters. The summed E-state index contributed by atoms with van der Waals surface area (Å²) >= 11 is 0. The Morgan fingerprint density at radius 1 is 1.21 bits per heavy atom. The molecule has 126 valence electrons. The van der Waals surface area contributed by atoms with Gasteiger partial charge >= 0.3 is 5.69 Å². The van der Waals surface area contributed by atoms with E-state index in [1.807, 2.05) is 12.1 Å². The standard InChI is InChI=1S/C18H23N5O/c19-9-14-15-10-22(11-16(14)15)6-4-12-2-1-3-13(8-12)23-7-5-17(20)21-18(23)24/h1-3,5,7-8,14-16H,4,6,9-11,19H2,(H2,20,21,24). The van der Waals surface area contributed by atoms with E-state index in [0.717, 1.165) is 43.0 Å². The van der Waals surface area contributed by atoms with Gasteiger partial charge in [-0.3, -0.25) is 4.57 Å². The van der Waals surface area contributed by atoms with Crippen molar-refractivity contribution in [2.24, 2.45) is 23.5 Å². The van der Waals surface area contributed by atoms with E-state index in [9.17, 15) is 4.79 Å². The molecule has 2 heterocycles. The fourth-order valence-electron chi connectivity index (χ4n) is 4.03. The maximum absolute atomic E-state index is 12.0. The summed E-state index contributed by atoms with van der Waals surface area (Å²) in [6.45, 7) is 4.28. The first-order valence-electron chi connectivity index (χ1n) is 8.52. The van der Waals surface area contributed by atoms with Gasteiger partial charge in [0.1, 0.15) is 5.82 Å². The maximum Gasteiger partial charge on any atom is 0.354 e. The normalized spacial score (nSPS) is 25.6. The number of piperidine rings is 1. The zero-order valence-electron chi connectivity index (χ0n) is 13.6. The summed E-state index contributed by atoms with van der Waals surface area (Å²) < 4.78 is 1.52. The van der Waals surface area contributed by atoms with Gasteiger partial charge in [-0.25, -0.2) is 4.79 Å². The van der Waals surface area contributed by atoms with Crippen molar-refractivity contribution < 1.29 is 0 Å². The number of hydrogen-bond donors (Lipinski definition) is 2. The molecule has 6 heteroatoms. The Morgan fingerprint density at radius 3 is 2.71 bits per heavy atom. The Kier molecular flexibility index (Phi) is 3.86. The van der Waals surface area contributed by atoms with Gasteiger partial charge in [-0.05, 0) is 54.5 Å². The van der Waals surface area contributed by atoms with Gasteiger partial charge in [0.05, 0.1) is 5.69 Å². The van der Waals surface area contributed by atoms with Crippen LogP contribution >= 0.6 is 0 Å². The third kappa shape index (κ3) is 2.83. The zero-order valence-corrected chi connectivity index (χ0v) is 13.6. The van der Waals surface area contributed by atoms with Crippen molar-refractivity contribution in [3.8, 4) is 5.69 Å². The van der Waals surface area contributed by atoms with Crippen LogP contribution in [0.2, 0.25) is 0 Å². The molecular weight excluding hydrogens is 302 g/mol. The lowest BCUT2D eigenvalue weighted by Crippen LogP contribution is -2.28. The Hall–Kier alpha value is -2.18. The Morgan fingerprint density at radius 2 is 2.00 bits per heavy atom. The average Bonchev–Trinajstić information content (AvgIpc) is 3.05. The minimum Gasteiger partial charge on any atom is -0.383 e. The van der Waals surface area contributed by atoms with E-state index >= 15 is 0 Å². The van der Waals surface area contributed by atoms with E-state index in [-0.39, 0.29) is 11.5 Å². The number of aromatic nitrogens is 2. The first-order valence-corrected chi connectivity index (χ1v) is 8.52. The van der Waals surface area contributed by atoms with E-state index in [0.29, 0.717) is 0 Å². The molecule has 1 aromatic carbocycles. The summed E-state index contributed by atoms with van der Waals surface area (Å²) in [6, 6.07) is 9.70. The quantitative estimate of drug-likeness (QED) is 0.835. The number of hydrogen-bond acceptors (Lipinski definition) is 5. The topological polar surface area (TPSA) is 90.2 Å². The Balaban J connectivity index is 1.41. The summed E-state index contributed by atoms with van der Waals surface area (Å²) in [5.41, 5.74) is 13.0. The van der Waals surface area contributed by atoms with Crippen LogP contribution in [-0.2, 0) is 6.42 Å². The summed E-state index contributed by atoms with van der Waals surface area (Å²) in [5.74, 6) is 2.69. The summed E-state index contributed by atoms with van der Waals surface area (Å²) in [4.78, 5) is 18.3. The number of nitrogens with zero attached hydrogens (tertiary/aromatic N) is 3. The number of likely N-dealkylation sites (tertiary alicyclic amines) is 1. The minimum atomic E-state index is -0.348. The van der Waals surface area contributed by atoms with Gasteiger partial charge in [0.25, 0.3) is 0 Å². The number of nitrogen functional groups attached to an aromatic ring is 1. The van der Waals surface area contributed by atoms with Crippen LogP contribution in [-0.4, -0.2) is 40.6 Å². The highest BCUT2D eigenvalue weighted by molar-refractivity contribution is 5.37. The van der Waals surface area contributed by atoms with Crippen LogP contribution in [0.15, 0.2) is 41.3 Å². The highest BCUT2D eigenvalue weighted by atomic mass is 16.1. The summed E-state index contributed by atoms with van der Waals surface area (Å²) in [6.07, 6.45) is 2.66. The van der Waals surface area contributed by atoms with E-state index < -0.39 is 0 Å². The van der Waals surface area contributed by atoms with Crippen LogP contribution in [0.4, 0.5) is 5.82 Å². The molecule has 1 aliphatic carbocycles. The molecule has 6 nitrogen and oxygen atoms in total. The van der Waals surface area contributed by atoms with E-state index in [1.165, 1.54) is 23.2 Å². The van der Waals surface area contributed by atoms with Crippen LogP contribution in [0.1, 0.15) is 5.56 Å². The summed E-state index contributed by atoms with van der Waals surface area (Å²) in [5, 5.41) is 0. The fourth-order valence-corrected chi connectivity index (χ4v) is 4.03. The highest BCUT2D eigenvalue weighted by Crippen LogP contribution is 2.50. The van der Waals surface area contributed by atoms with Gasteiger partial charge in [0, 0.05) is 25.8 Å². The smallest absolute Gasteiger partial charge is 0.354 e. The maximum atomic E-state index is 12.0. The van der Waals surface area contributed by atoms with Crippen molar-refractivity contribution in [3.05, 3.63) is 52.6 Å². The fraction of sp³-hybridized carbons (Fsp3) is 0.444. The number of rotatable bonds is 5. The van der Waals surface area contributed by atoms with Crippen molar-refractivity contribution in [2.45, 2.75) is 6.42 Å². The molecule has 1 aliphatic heterocycles. The molecule has 1 saturated carbocycles. The van der Waals surface area contributed by atoms with Crippen molar-refractivity contribution in [1.29, 1.82) is 0 Å². The lowest BCUT2D eigenvalue weighted by atomic mass is 10.1. The summed E-state index contributed by atoms with van der Waals surface area (Å²) in [7, 11) is 0. The Bertz CT molecular complexity index is 790. The molecule has 1 saturated heterocycles. The molecule has 0 spiro atoms. The van der Waals surface area contributed by atoms with Gasteiger partial charge in [-0.2, -0.15) is 4.98 Å². The molecule has 2 fully saturated rings. The second kappa shape index (κ2) is 6.03. The Labute approximate surface area is 141 Å². The lowest BCUT2D eigenvalue weighted by Gasteiger charge is -2.19. The molecule has 1 aromatic heterocycles. The minimum absolute atomic E-state index is 0.246. The van der Waals surface area contributed by atoms with Crippen LogP contribution in [0, 0.1) is 17.8 Å². The molecule has 24 heavy (non-hydrogen) atoms. The third-order valence-corrected chi connectivity index (χ3v) is 5.45. The largest absolute Gasteiger partial charge is 0.383 e. The van der Waals surface area contributed by atoms with Crippen molar-refractivity contribution in [1.82, 2.24) is 14.5 Å². The molecular formula is C18H23N5O. The average molecular weight is 325 g/mol. The first kappa shape index (κ1) is 15.4. The van der Waals surface area contributed by atoms with Crippen LogP contribution in [0.5, 0.6) is 0 Å². The van der Waals surface area contributed by atoms with Gasteiger partial charge < -0.3 is 16.4 Å². The van der Waals surface area contributed by atoms with Gasteiger partial charge in [-0.15, -0.1) is 0 Å². The number of nitrogens with two attached hydrogens (primary N) is 2. The molecule has 4 N–H and O–H groups in total. The lowest BCUT2D eigenvalue weighted by molar-refractivity contribution is 0.290. The monoisotopic (exact) mass is 325 g/mol. The predicted octanol–water partition coefficient (Wildman–Crippen LogP) is 0.494. The molecule has 0 amide bonds. The van der Waals surface area contributed by atoms with E-state index in [4.69, 9.17) is 11.5 Å². The SMILES string of the molecule is NCC1C2CN(CCc3cccc(-n4ccc(N)nc4=O)c3)CC12. The van der Waals surface area contributed by atoms with Gasteiger partial charge in [0.2, 0.25) is 0 Å². The number of benzene rings is 1. The third-order valence-electron chi connectivity index (χ3n) is 5.45.